The van der Waals surface area contributed by atoms with E-state index in [9.17, 15) is 19.5 Å². The maximum absolute atomic E-state index is 15.1. The number of halogens is 1. The fourth-order valence-corrected chi connectivity index (χ4v) is 4.42. The van der Waals surface area contributed by atoms with Crippen LogP contribution in [0.5, 0.6) is 0 Å². The third-order valence-corrected chi connectivity index (χ3v) is 7.02. The second-order valence-electron chi connectivity index (χ2n) is 10.3. The van der Waals surface area contributed by atoms with Gasteiger partial charge in [0.2, 0.25) is 5.89 Å². The molecule has 196 valence electrons. The summed E-state index contributed by atoms with van der Waals surface area (Å²) in [5, 5.41) is 10.7. The molecular formula is C26H39FN2O6. The molecule has 8 nitrogen and oxygen atoms in total. The van der Waals surface area contributed by atoms with Crippen molar-refractivity contribution in [3.8, 4) is 0 Å². The first-order valence-corrected chi connectivity index (χ1v) is 12.3. The number of nitrogens with zero attached hydrogens (tertiary/aromatic N) is 1. The van der Waals surface area contributed by atoms with Gasteiger partial charge in [0.15, 0.2) is 17.7 Å². The van der Waals surface area contributed by atoms with Crippen molar-refractivity contribution in [3.63, 3.8) is 0 Å². The Morgan fingerprint density at radius 1 is 1.20 bits per heavy atom. The summed E-state index contributed by atoms with van der Waals surface area (Å²) in [6.45, 7) is 8.50. The molecule has 2 rings (SSSR count). The number of aliphatic hydroxyl groups excluding tert-OH is 1. The van der Waals surface area contributed by atoms with Gasteiger partial charge >= 0.3 is 5.97 Å². The van der Waals surface area contributed by atoms with E-state index >= 15 is 4.39 Å². The van der Waals surface area contributed by atoms with Crippen molar-refractivity contribution >= 4 is 23.6 Å². The van der Waals surface area contributed by atoms with Crippen LogP contribution in [-0.2, 0) is 25.7 Å². The highest BCUT2D eigenvalue weighted by Gasteiger charge is 2.42. The molecule has 1 saturated heterocycles. The predicted octanol–water partition coefficient (Wildman–Crippen LogP) is 4.14. The fourth-order valence-electron chi connectivity index (χ4n) is 4.42. The number of hydrogen-bond donors (Lipinski definition) is 2. The molecule has 1 fully saturated rings. The van der Waals surface area contributed by atoms with Crippen molar-refractivity contribution in [2.24, 2.45) is 28.9 Å². The van der Waals surface area contributed by atoms with E-state index in [1.54, 1.807) is 6.92 Å². The van der Waals surface area contributed by atoms with Crippen LogP contribution >= 0.6 is 0 Å². The zero-order chi connectivity index (χ0) is 26.3. The van der Waals surface area contributed by atoms with Crippen molar-refractivity contribution in [2.45, 2.75) is 91.9 Å². The van der Waals surface area contributed by atoms with Crippen LogP contribution in [0.2, 0.25) is 0 Å². The molecule has 1 aromatic heterocycles. The van der Waals surface area contributed by atoms with Gasteiger partial charge in [-0.15, -0.1) is 0 Å². The van der Waals surface area contributed by atoms with Crippen LogP contribution in [0.3, 0.4) is 0 Å². The van der Waals surface area contributed by atoms with E-state index in [1.807, 2.05) is 13.8 Å². The Balaban J connectivity index is 2.28. The van der Waals surface area contributed by atoms with Gasteiger partial charge in [-0.2, -0.15) is 0 Å². The zero-order valence-electron chi connectivity index (χ0n) is 21.4. The molecule has 2 heterocycles. The lowest BCUT2D eigenvalue weighted by atomic mass is 9.73. The Labute approximate surface area is 206 Å². The minimum atomic E-state index is -1.49. The van der Waals surface area contributed by atoms with Crippen molar-refractivity contribution < 1.29 is 33.0 Å². The summed E-state index contributed by atoms with van der Waals surface area (Å²) in [5.41, 5.74) is 4.19. The molecule has 0 aromatic carbocycles. The van der Waals surface area contributed by atoms with E-state index in [2.05, 4.69) is 4.98 Å². The Hall–Kier alpha value is -2.39. The van der Waals surface area contributed by atoms with Gasteiger partial charge in [0.25, 0.3) is 0 Å². The molecular weight excluding hydrogens is 455 g/mol. The van der Waals surface area contributed by atoms with E-state index in [-0.39, 0.29) is 36.4 Å². The summed E-state index contributed by atoms with van der Waals surface area (Å²) in [7, 11) is 0. The topological polar surface area (TPSA) is 133 Å². The number of aliphatic hydroxyl groups is 1. The molecule has 9 heteroatoms. The smallest absolute Gasteiger partial charge is 0.314 e. The monoisotopic (exact) mass is 494 g/mol. The number of ether oxygens (including phenoxy) is 1. The standard InChI is InChI=1S/C26H39FN2O6/c1-15-7-6-8-16(2)24(32)17(3)25(33)26(4,5)21(30)12-23(31)35-20(10-9-15)19(27)11-18-14-34-22(13-28)29-18/h11,14-17,20,24,32H,6-10,12-13,28H2,1-5H3/t15?,16-,17+,20-,24-/m0/s1. The molecule has 1 aromatic rings. The molecule has 35 heavy (non-hydrogen) atoms. The number of nitrogens with two attached hydrogens (primary N) is 1. The molecule has 1 aliphatic heterocycles. The van der Waals surface area contributed by atoms with Gasteiger partial charge < -0.3 is 20.0 Å². The number of carbonyl (C=O) groups excluding carboxylic acids is 3. The summed E-state index contributed by atoms with van der Waals surface area (Å²) >= 11 is 0. The van der Waals surface area contributed by atoms with Gasteiger partial charge in [-0.3, -0.25) is 14.4 Å². The van der Waals surface area contributed by atoms with E-state index in [4.69, 9.17) is 14.9 Å². The molecule has 0 aliphatic carbocycles. The first-order valence-electron chi connectivity index (χ1n) is 12.3. The third kappa shape index (κ3) is 7.80. The van der Waals surface area contributed by atoms with Gasteiger partial charge in [0.1, 0.15) is 24.2 Å². The Morgan fingerprint density at radius 2 is 1.89 bits per heavy atom. The van der Waals surface area contributed by atoms with Crippen molar-refractivity contribution in [1.29, 1.82) is 0 Å². The summed E-state index contributed by atoms with van der Waals surface area (Å²) in [4.78, 5) is 42.6. The molecule has 5 atom stereocenters. The third-order valence-electron chi connectivity index (χ3n) is 7.02. The number of rotatable bonds is 3. The maximum Gasteiger partial charge on any atom is 0.314 e. The van der Waals surface area contributed by atoms with Crippen LogP contribution in [0.1, 0.15) is 84.7 Å². The fraction of sp³-hybridized carbons (Fsp3) is 0.692. The zero-order valence-corrected chi connectivity index (χ0v) is 21.4. The van der Waals surface area contributed by atoms with Crippen LogP contribution in [0, 0.1) is 23.2 Å². The van der Waals surface area contributed by atoms with Gasteiger partial charge in [0.05, 0.1) is 18.1 Å². The highest BCUT2D eigenvalue weighted by Crippen LogP contribution is 2.31. The van der Waals surface area contributed by atoms with Crippen molar-refractivity contribution in [1.82, 2.24) is 4.98 Å². The second-order valence-corrected chi connectivity index (χ2v) is 10.3. The van der Waals surface area contributed by atoms with E-state index in [0.717, 1.165) is 25.3 Å². The number of carbonyl (C=O) groups is 3. The van der Waals surface area contributed by atoms with Crippen molar-refractivity contribution in [3.05, 3.63) is 23.7 Å². The largest absolute Gasteiger partial charge is 0.455 e. The van der Waals surface area contributed by atoms with Crippen LogP contribution < -0.4 is 5.73 Å². The SMILES string of the molecule is CC1CCC[C@H](C)[C@H](O)[C@@H](C)C(=O)C(C)(C)C(=O)CC(=O)O[C@H](C(F)=Cc2coc(CN)n2)CC1. The number of ketones is 2. The predicted molar refractivity (Wildman–Crippen MR) is 128 cm³/mol. The van der Waals surface area contributed by atoms with Crippen LogP contribution in [0.15, 0.2) is 16.5 Å². The summed E-state index contributed by atoms with van der Waals surface area (Å²) in [5.74, 6) is -3.11. The average Bonchev–Trinajstić information content (AvgIpc) is 3.26. The highest BCUT2D eigenvalue weighted by molar-refractivity contribution is 6.11. The van der Waals surface area contributed by atoms with Crippen molar-refractivity contribution in [2.75, 3.05) is 0 Å². The Kier molecular flexibility index (Phi) is 10.3. The number of hydrogen-bond acceptors (Lipinski definition) is 8. The van der Waals surface area contributed by atoms with Gasteiger partial charge in [-0.05, 0) is 44.9 Å². The lowest BCUT2D eigenvalue weighted by Gasteiger charge is -2.31. The van der Waals surface area contributed by atoms with Crippen LogP contribution in [0.25, 0.3) is 6.08 Å². The van der Waals surface area contributed by atoms with Gasteiger partial charge in [0, 0.05) is 12.0 Å². The molecule has 0 radical (unpaired) electrons. The second kappa shape index (κ2) is 12.5. The van der Waals surface area contributed by atoms with E-state index < -0.39 is 53.3 Å². The van der Waals surface area contributed by atoms with E-state index in [0.29, 0.717) is 6.42 Å². The molecule has 0 amide bonds. The van der Waals surface area contributed by atoms with Crippen LogP contribution in [-0.4, -0.2) is 39.8 Å². The van der Waals surface area contributed by atoms with Gasteiger partial charge in [-0.25, -0.2) is 9.37 Å². The number of aromatic nitrogens is 1. The molecule has 1 aliphatic rings. The minimum absolute atomic E-state index is 0.0657. The van der Waals surface area contributed by atoms with E-state index in [1.165, 1.54) is 20.1 Å². The lowest BCUT2D eigenvalue weighted by Crippen LogP contribution is -2.43. The molecule has 1 unspecified atom stereocenters. The summed E-state index contributed by atoms with van der Waals surface area (Å²) < 4.78 is 25.6. The molecule has 0 spiro atoms. The average molecular weight is 495 g/mol. The Morgan fingerprint density at radius 3 is 2.51 bits per heavy atom. The molecule has 0 saturated carbocycles. The quantitative estimate of drug-likeness (QED) is 0.473. The normalized spacial score (nSPS) is 30.2. The maximum atomic E-state index is 15.1. The first kappa shape index (κ1) is 28.8. The van der Waals surface area contributed by atoms with Crippen LogP contribution in [0.4, 0.5) is 4.39 Å². The number of cyclic esters (lactones) is 1. The van der Waals surface area contributed by atoms with Gasteiger partial charge in [-0.1, -0.05) is 33.6 Å². The minimum Gasteiger partial charge on any atom is -0.455 e. The number of oxazole rings is 1. The Bertz CT molecular complexity index is 925. The highest BCUT2D eigenvalue weighted by atomic mass is 19.1. The lowest BCUT2D eigenvalue weighted by molar-refractivity contribution is -0.153. The molecule has 0 bridgehead atoms. The first-order chi connectivity index (χ1) is 16.4. The molecule has 3 N–H and O–H groups in total. The summed E-state index contributed by atoms with van der Waals surface area (Å²) in [6, 6.07) is 0. The summed E-state index contributed by atoms with van der Waals surface area (Å²) in [6.07, 6.45) is 2.86. The number of Topliss-reactive ketones (excluding diaryl/α,β-unsaturated/α-hetero) is 2. The number of esters is 1.